The first-order chi connectivity index (χ1) is 18.7. The maximum Gasteiger partial charge on any atom is 0.407 e. The molecule has 0 spiro atoms. The van der Waals surface area contributed by atoms with Crippen LogP contribution in [0, 0.1) is 11.8 Å². The Morgan fingerprint density at radius 3 is 2.15 bits per heavy atom. The SMILES string of the molecule is CC(C)(C)OC(=O)NCCOCCOCCNC(=O)CCC(=O)N1Cc2ccccc2C#Cc2ccccc21. The number of hydrogen-bond donors (Lipinski definition) is 2. The molecule has 0 unspecified atom stereocenters. The number of fused-ring (bicyclic) bond motifs is 2. The molecular formula is C30H37N3O6. The summed E-state index contributed by atoms with van der Waals surface area (Å²) in [5.74, 6) is 6.03. The predicted molar refractivity (Wildman–Crippen MR) is 148 cm³/mol. The van der Waals surface area contributed by atoms with E-state index in [0.717, 1.165) is 22.4 Å². The van der Waals surface area contributed by atoms with Gasteiger partial charge in [0.25, 0.3) is 0 Å². The Morgan fingerprint density at radius 1 is 0.821 bits per heavy atom. The Morgan fingerprint density at radius 2 is 1.44 bits per heavy atom. The fourth-order valence-electron chi connectivity index (χ4n) is 3.78. The van der Waals surface area contributed by atoms with Crippen LogP contribution in [0.15, 0.2) is 48.5 Å². The van der Waals surface area contributed by atoms with E-state index in [2.05, 4.69) is 22.5 Å². The van der Waals surface area contributed by atoms with Crippen LogP contribution < -0.4 is 15.5 Å². The highest BCUT2D eigenvalue weighted by molar-refractivity contribution is 5.96. The second-order valence-corrected chi connectivity index (χ2v) is 9.91. The highest BCUT2D eigenvalue weighted by Crippen LogP contribution is 2.26. The first kappa shape index (κ1) is 29.7. The lowest BCUT2D eigenvalue weighted by molar-refractivity contribution is -0.125. The van der Waals surface area contributed by atoms with Crippen molar-refractivity contribution in [3.8, 4) is 11.8 Å². The fraction of sp³-hybridized carbons (Fsp3) is 0.433. The maximum absolute atomic E-state index is 13.2. The lowest BCUT2D eigenvalue weighted by atomic mass is 10.0. The zero-order chi connectivity index (χ0) is 28.1. The van der Waals surface area contributed by atoms with Gasteiger partial charge in [0.2, 0.25) is 11.8 Å². The molecular weight excluding hydrogens is 498 g/mol. The average Bonchev–Trinajstić information content (AvgIpc) is 2.88. The molecule has 0 atom stereocenters. The van der Waals surface area contributed by atoms with Crippen LogP contribution in [0.25, 0.3) is 0 Å². The number of para-hydroxylation sites is 1. The number of anilines is 1. The minimum Gasteiger partial charge on any atom is -0.444 e. The summed E-state index contributed by atoms with van der Waals surface area (Å²) in [6, 6.07) is 15.3. The van der Waals surface area contributed by atoms with Gasteiger partial charge in [0, 0.05) is 37.1 Å². The van der Waals surface area contributed by atoms with Gasteiger partial charge in [-0.25, -0.2) is 4.79 Å². The van der Waals surface area contributed by atoms with Crippen molar-refractivity contribution < 1.29 is 28.6 Å². The quantitative estimate of drug-likeness (QED) is 0.319. The molecule has 3 rings (SSSR count). The van der Waals surface area contributed by atoms with Crippen molar-refractivity contribution in [2.24, 2.45) is 0 Å². The first-order valence-corrected chi connectivity index (χ1v) is 13.1. The zero-order valence-electron chi connectivity index (χ0n) is 22.9. The Bertz CT molecular complexity index is 1190. The third-order valence-electron chi connectivity index (χ3n) is 5.59. The molecule has 0 aromatic heterocycles. The van der Waals surface area contributed by atoms with Crippen molar-refractivity contribution in [1.29, 1.82) is 0 Å². The number of nitrogens with one attached hydrogen (secondary N) is 2. The van der Waals surface area contributed by atoms with Gasteiger partial charge in [-0.1, -0.05) is 42.2 Å². The van der Waals surface area contributed by atoms with Crippen LogP contribution in [0.3, 0.4) is 0 Å². The summed E-state index contributed by atoms with van der Waals surface area (Å²) in [7, 11) is 0. The topological polar surface area (TPSA) is 106 Å². The molecule has 1 aliphatic heterocycles. The van der Waals surface area contributed by atoms with Crippen LogP contribution >= 0.6 is 0 Å². The Hall–Kier alpha value is -3.87. The van der Waals surface area contributed by atoms with Gasteiger partial charge in [-0.3, -0.25) is 9.59 Å². The molecule has 2 aromatic rings. The normalized spacial score (nSPS) is 12.1. The zero-order valence-corrected chi connectivity index (χ0v) is 22.9. The lowest BCUT2D eigenvalue weighted by Gasteiger charge is -2.26. The van der Waals surface area contributed by atoms with Crippen molar-refractivity contribution in [3.63, 3.8) is 0 Å². The number of rotatable bonds is 12. The van der Waals surface area contributed by atoms with E-state index in [9.17, 15) is 14.4 Å². The number of carbonyl (C=O) groups is 3. The molecule has 0 fully saturated rings. The molecule has 0 saturated carbocycles. The van der Waals surface area contributed by atoms with E-state index >= 15 is 0 Å². The molecule has 9 nitrogen and oxygen atoms in total. The smallest absolute Gasteiger partial charge is 0.407 e. The second-order valence-electron chi connectivity index (χ2n) is 9.91. The molecule has 0 radical (unpaired) electrons. The van der Waals surface area contributed by atoms with Crippen LogP contribution in [-0.4, -0.2) is 63.0 Å². The Labute approximate surface area is 230 Å². The van der Waals surface area contributed by atoms with Crippen LogP contribution in [-0.2, 0) is 30.3 Å². The molecule has 9 heteroatoms. The van der Waals surface area contributed by atoms with Crippen LogP contribution in [0.2, 0.25) is 0 Å². The van der Waals surface area contributed by atoms with Crippen LogP contribution in [0.1, 0.15) is 50.3 Å². The number of amides is 3. The Balaban J connectivity index is 1.31. The number of alkyl carbamates (subject to hydrolysis) is 1. The molecule has 39 heavy (non-hydrogen) atoms. The molecule has 0 aliphatic carbocycles. The minimum absolute atomic E-state index is 0.0819. The third kappa shape index (κ3) is 10.4. The van der Waals surface area contributed by atoms with Gasteiger partial charge in [-0.05, 0) is 44.5 Å². The summed E-state index contributed by atoms with van der Waals surface area (Å²) < 4.78 is 16.0. The van der Waals surface area contributed by atoms with Gasteiger partial charge in [0.1, 0.15) is 5.60 Å². The van der Waals surface area contributed by atoms with Crippen LogP contribution in [0.4, 0.5) is 10.5 Å². The van der Waals surface area contributed by atoms with Gasteiger partial charge in [-0.15, -0.1) is 0 Å². The largest absolute Gasteiger partial charge is 0.444 e. The van der Waals surface area contributed by atoms with E-state index in [0.29, 0.717) is 46.1 Å². The van der Waals surface area contributed by atoms with Crippen molar-refractivity contribution >= 4 is 23.6 Å². The van der Waals surface area contributed by atoms with Crippen molar-refractivity contribution in [2.45, 2.75) is 45.8 Å². The standard InChI is InChI=1S/C30H37N3O6/c1-30(2,3)39-29(36)32-17-19-38-21-20-37-18-16-31-27(34)14-15-28(35)33-22-25-10-5-4-8-23(25)12-13-24-9-6-7-11-26(24)33/h4-11H,14-22H2,1-3H3,(H,31,34)(H,32,36). The number of nitrogens with zero attached hydrogens (tertiary/aromatic N) is 1. The molecule has 1 aliphatic rings. The van der Waals surface area contributed by atoms with Gasteiger partial charge < -0.3 is 29.7 Å². The summed E-state index contributed by atoms with van der Waals surface area (Å²) in [5.41, 5.74) is 2.86. The van der Waals surface area contributed by atoms with Crippen molar-refractivity contribution in [1.82, 2.24) is 10.6 Å². The number of hydrogen-bond acceptors (Lipinski definition) is 6. The average molecular weight is 536 g/mol. The predicted octanol–water partition coefficient (Wildman–Crippen LogP) is 3.39. The number of benzene rings is 2. The number of carbonyl (C=O) groups excluding carboxylic acids is 3. The minimum atomic E-state index is -0.537. The van der Waals surface area contributed by atoms with Crippen molar-refractivity contribution in [3.05, 3.63) is 65.2 Å². The van der Waals surface area contributed by atoms with Crippen molar-refractivity contribution in [2.75, 3.05) is 44.4 Å². The summed E-state index contributed by atoms with van der Waals surface area (Å²) in [4.78, 5) is 38.7. The highest BCUT2D eigenvalue weighted by Gasteiger charge is 2.21. The number of ether oxygens (including phenoxy) is 3. The summed E-state index contributed by atoms with van der Waals surface area (Å²) >= 11 is 0. The maximum atomic E-state index is 13.2. The second kappa shape index (κ2) is 14.9. The molecule has 3 amide bonds. The van der Waals surface area contributed by atoms with Crippen LogP contribution in [0.5, 0.6) is 0 Å². The van der Waals surface area contributed by atoms with E-state index < -0.39 is 11.7 Å². The molecule has 0 saturated heterocycles. The summed E-state index contributed by atoms with van der Waals surface area (Å²) in [6.45, 7) is 7.87. The van der Waals surface area contributed by atoms with E-state index in [-0.39, 0.29) is 24.7 Å². The molecule has 0 bridgehead atoms. The van der Waals surface area contributed by atoms with Gasteiger partial charge in [0.05, 0.1) is 38.7 Å². The summed E-state index contributed by atoms with van der Waals surface area (Å²) in [6.07, 6.45) is -0.313. The summed E-state index contributed by atoms with van der Waals surface area (Å²) in [5, 5.41) is 5.39. The lowest BCUT2D eigenvalue weighted by Crippen LogP contribution is -2.34. The molecule has 2 N–H and O–H groups in total. The van der Waals surface area contributed by atoms with E-state index in [1.807, 2.05) is 48.5 Å². The van der Waals surface area contributed by atoms with Gasteiger partial charge >= 0.3 is 6.09 Å². The molecule has 2 aromatic carbocycles. The highest BCUT2D eigenvalue weighted by atomic mass is 16.6. The van der Waals surface area contributed by atoms with E-state index in [4.69, 9.17) is 14.2 Å². The third-order valence-corrected chi connectivity index (χ3v) is 5.59. The first-order valence-electron chi connectivity index (χ1n) is 13.1. The molecule has 208 valence electrons. The van der Waals surface area contributed by atoms with E-state index in [1.54, 1.807) is 25.7 Å². The van der Waals surface area contributed by atoms with E-state index in [1.165, 1.54) is 0 Å². The Kier molecular flexibility index (Phi) is 11.3. The van der Waals surface area contributed by atoms with Gasteiger partial charge in [-0.2, -0.15) is 0 Å². The monoisotopic (exact) mass is 535 g/mol. The molecule has 1 heterocycles. The fourth-order valence-corrected chi connectivity index (χ4v) is 3.78. The van der Waals surface area contributed by atoms with Gasteiger partial charge in [0.15, 0.2) is 0 Å².